The Hall–Kier alpha value is -1.10. The van der Waals surface area contributed by atoms with Crippen LogP contribution in [0.5, 0.6) is 0 Å². The Bertz CT molecular complexity index is 361. The lowest BCUT2D eigenvalue weighted by molar-refractivity contribution is 0.405. The smallest absolute Gasteiger partial charge is 0.194 e. The monoisotopic (exact) mass is 221 g/mol. The van der Waals surface area contributed by atoms with E-state index in [-0.39, 0.29) is 0 Å². The maximum absolute atomic E-state index is 13.3. The number of nitrogens with one attached hydrogen (secondary N) is 1. The maximum atomic E-state index is 13.3. The van der Waals surface area contributed by atoms with E-state index in [4.69, 9.17) is 0 Å². The Balaban J connectivity index is 3.34. The first-order valence-electron chi connectivity index (χ1n) is 4.53. The molecule has 0 aromatic heterocycles. The minimum absolute atomic E-state index is 0.355. The van der Waals surface area contributed by atoms with Gasteiger partial charge >= 0.3 is 0 Å². The van der Waals surface area contributed by atoms with Crippen LogP contribution >= 0.6 is 0 Å². The van der Waals surface area contributed by atoms with Gasteiger partial charge in [-0.15, -0.1) is 0 Å². The summed E-state index contributed by atoms with van der Waals surface area (Å²) in [7, 11) is 1.49. The van der Waals surface area contributed by atoms with E-state index in [1.165, 1.54) is 7.05 Å². The van der Waals surface area contributed by atoms with Crippen molar-refractivity contribution in [3.05, 3.63) is 34.9 Å². The summed E-state index contributed by atoms with van der Waals surface area (Å²) < 4.78 is 52.0. The van der Waals surface area contributed by atoms with Crippen molar-refractivity contribution in [3.8, 4) is 0 Å². The molecule has 0 aliphatic heterocycles. The molecule has 0 aliphatic rings. The van der Waals surface area contributed by atoms with Gasteiger partial charge in [-0.25, -0.2) is 17.6 Å². The molecule has 0 saturated heterocycles. The van der Waals surface area contributed by atoms with Gasteiger partial charge in [-0.1, -0.05) is 6.92 Å². The second-order valence-electron chi connectivity index (χ2n) is 3.13. The minimum Gasteiger partial charge on any atom is -0.313 e. The fraction of sp³-hybridized carbons (Fsp3) is 0.400. The van der Waals surface area contributed by atoms with Crippen LogP contribution in [0.15, 0.2) is 6.07 Å². The summed E-state index contributed by atoms with van der Waals surface area (Å²) in [4.78, 5) is 0. The van der Waals surface area contributed by atoms with Gasteiger partial charge in [0.2, 0.25) is 0 Å². The van der Waals surface area contributed by atoms with Crippen LogP contribution in [0.25, 0.3) is 0 Å². The standard InChI is InChI=1S/C10H11F4N/c1-3-7(15-2)8-5(11)4-6(12)9(13)10(8)14/h4,7,15H,3H2,1-2H3. The summed E-state index contributed by atoms with van der Waals surface area (Å²) in [5.74, 6) is -5.69. The summed E-state index contributed by atoms with van der Waals surface area (Å²) in [5, 5.41) is 2.63. The number of halogens is 4. The molecular weight excluding hydrogens is 210 g/mol. The fourth-order valence-corrected chi connectivity index (χ4v) is 1.45. The minimum atomic E-state index is -1.64. The first-order valence-corrected chi connectivity index (χ1v) is 4.53. The highest BCUT2D eigenvalue weighted by Gasteiger charge is 2.23. The van der Waals surface area contributed by atoms with E-state index < -0.39 is 34.9 Å². The van der Waals surface area contributed by atoms with Crippen molar-refractivity contribution in [1.29, 1.82) is 0 Å². The predicted octanol–water partition coefficient (Wildman–Crippen LogP) is 2.91. The molecule has 1 rings (SSSR count). The number of hydrogen-bond donors (Lipinski definition) is 1. The van der Waals surface area contributed by atoms with Gasteiger partial charge in [0.05, 0.1) is 0 Å². The summed E-state index contributed by atoms with van der Waals surface area (Å²) >= 11 is 0. The summed E-state index contributed by atoms with van der Waals surface area (Å²) in [6.07, 6.45) is 0.370. The molecule has 0 saturated carbocycles. The molecule has 0 bridgehead atoms. The van der Waals surface area contributed by atoms with Crippen molar-refractivity contribution in [3.63, 3.8) is 0 Å². The molecule has 0 fully saturated rings. The fourth-order valence-electron chi connectivity index (χ4n) is 1.45. The molecule has 1 N–H and O–H groups in total. The highest BCUT2D eigenvalue weighted by atomic mass is 19.2. The van der Waals surface area contributed by atoms with Gasteiger partial charge < -0.3 is 5.32 Å². The van der Waals surface area contributed by atoms with Gasteiger partial charge in [-0.05, 0) is 13.5 Å². The Morgan fingerprint density at radius 3 is 2.20 bits per heavy atom. The van der Waals surface area contributed by atoms with E-state index >= 15 is 0 Å². The van der Waals surface area contributed by atoms with E-state index in [0.717, 1.165) is 0 Å². The van der Waals surface area contributed by atoms with Crippen molar-refractivity contribution < 1.29 is 17.6 Å². The van der Waals surface area contributed by atoms with Crippen LogP contribution in [0.4, 0.5) is 17.6 Å². The zero-order chi connectivity index (χ0) is 11.6. The van der Waals surface area contributed by atoms with Crippen LogP contribution in [0.1, 0.15) is 24.9 Å². The third-order valence-electron chi connectivity index (χ3n) is 2.25. The molecule has 15 heavy (non-hydrogen) atoms. The largest absolute Gasteiger partial charge is 0.313 e. The van der Waals surface area contributed by atoms with Gasteiger partial charge in [0.1, 0.15) is 5.82 Å². The highest BCUT2D eigenvalue weighted by Crippen LogP contribution is 2.26. The second kappa shape index (κ2) is 4.61. The van der Waals surface area contributed by atoms with Crippen LogP contribution in [-0.4, -0.2) is 7.05 Å². The summed E-state index contributed by atoms with van der Waals surface area (Å²) in [6, 6.07) is -0.312. The van der Waals surface area contributed by atoms with E-state index in [9.17, 15) is 17.6 Å². The maximum Gasteiger partial charge on any atom is 0.194 e. The molecule has 1 nitrogen and oxygen atoms in total. The second-order valence-corrected chi connectivity index (χ2v) is 3.13. The molecule has 0 amide bonds. The van der Waals surface area contributed by atoms with E-state index in [2.05, 4.69) is 5.32 Å². The molecule has 0 aliphatic carbocycles. The first-order chi connectivity index (χ1) is 7.02. The van der Waals surface area contributed by atoms with Gasteiger partial charge in [0, 0.05) is 17.7 Å². The van der Waals surface area contributed by atoms with Crippen LogP contribution < -0.4 is 5.32 Å². The normalized spacial score (nSPS) is 12.9. The molecule has 1 aromatic carbocycles. The summed E-state index contributed by atoms with van der Waals surface area (Å²) in [6.45, 7) is 1.68. The number of rotatable bonds is 3. The topological polar surface area (TPSA) is 12.0 Å². The van der Waals surface area contributed by atoms with E-state index in [1.54, 1.807) is 6.92 Å². The Morgan fingerprint density at radius 2 is 1.73 bits per heavy atom. The highest BCUT2D eigenvalue weighted by molar-refractivity contribution is 5.25. The summed E-state index contributed by atoms with van der Waals surface area (Å²) in [5.41, 5.74) is -0.459. The number of hydrogen-bond acceptors (Lipinski definition) is 1. The van der Waals surface area contributed by atoms with Crippen molar-refractivity contribution in [2.24, 2.45) is 0 Å². The zero-order valence-corrected chi connectivity index (χ0v) is 8.37. The third kappa shape index (κ3) is 2.12. The van der Waals surface area contributed by atoms with Crippen molar-refractivity contribution in [2.45, 2.75) is 19.4 Å². The Morgan fingerprint density at radius 1 is 1.13 bits per heavy atom. The molecule has 1 unspecified atom stereocenters. The Labute approximate surface area is 85.1 Å². The molecule has 84 valence electrons. The molecule has 1 atom stereocenters. The molecule has 1 aromatic rings. The lowest BCUT2D eigenvalue weighted by Gasteiger charge is -2.16. The zero-order valence-electron chi connectivity index (χ0n) is 8.37. The first kappa shape index (κ1) is 12.0. The molecule has 5 heteroatoms. The molecule has 0 spiro atoms. The Kier molecular flexibility index (Phi) is 3.68. The molecule has 0 radical (unpaired) electrons. The van der Waals surface area contributed by atoms with Crippen molar-refractivity contribution in [2.75, 3.05) is 7.05 Å². The quantitative estimate of drug-likeness (QED) is 0.470. The van der Waals surface area contributed by atoms with Crippen LogP contribution in [0, 0.1) is 23.3 Å². The molecular formula is C10H11F4N. The number of benzene rings is 1. The third-order valence-corrected chi connectivity index (χ3v) is 2.25. The van der Waals surface area contributed by atoms with Crippen molar-refractivity contribution >= 4 is 0 Å². The van der Waals surface area contributed by atoms with E-state index in [1.807, 2.05) is 0 Å². The van der Waals surface area contributed by atoms with Crippen molar-refractivity contribution in [1.82, 2.24) is 5.32 Å². The lowest BCUT2D eigenvalue weighted by Crippen LogP contribution is -2.19. The molecule has 0 heterocycles. The van der Waals surface area contributed by atoms with Crippen LogP contribution in [0.2, 0.25) is 0 Å². The van der Waals surface area contributed by atoms with Gasteiger partial charge in [0.25, 0.3) is 0 Å². The lowest BCUT2D eigenvalue weighted by atomic mass is 10.0. The average Bonchev–Trinajstić information content (AvgIpc) is 2.21. The van der Waals surface area contributed by atoms with Crippen LogP contribution in [0.3, 0.4) is 0 Å². The predicted molar refractivity (Wildman–Crippen MR) is 48.4 cm³/mol. The SMILES string of the molecule is CCC(NC)c1c(F)cc(F)c(F)c1F. The van der Waals surface area contributed by atoms with Gasteiger partial charge in [-0.2, -0.15) is 0 Å². The van der Waals surface area contributed by atoms with Crippen LogP contribution in [-0.2, 0) is 0 Å². The van der Waals surface area contributed by atoms with Gasteiger partial charge in [-0.3, -0.25) is 0 Å². The van der Waals surface area contributed by atoms with Gasteiger partial charge in [0.15, 0.2) is 17.5 Å². The van der Waals surface area contributed by atoms with E-state index in [0.29, 0.717) is 12.5 Å². The average molecular weight is 221 g/mol.